The quantitative estimate of drug-likeness (QED) is 0.269. The van der Waals surface area contributed by atoms with Crippen LogP contribution >= 0.6 is 0 Å². The zero-order valence-corrected chi connectivity index (χ0v) is 24.8. The van der Waals surface area contributed by atoms with Gasteiger partial charge in [0.05, 0.1) is 24.4 Å². The first-order valence-corrected chi connectivity index (χ1v) is 13.9. The number of hydrogen-bond acceptors (Lipinski definition) is 9. The number of esters is 2. The van der Waals surface area contributed by atoms with Crippen molar-refractivity contribution in [2.45, 2.75) is 111 Å². The van der Waals surface area contributed by atoms with Crippen molar-refractivity contribution in [3.05, 3.63) is 29.8 Å². The molecule has 0 spiro atoms. The third kappa shape index (κ3) is 9.50. The van der Waals surface area contributed by atoms with Crippen LogP contribution in [0.2, 0.25) is 0 Å². The molecule has 0 bridgehead atoms. The van der Waals surface area contributed by atoms with Crippen LogP contribution in [0.4, 0.5) is 0 Å². The van der Waals surface area contributed by atoms with Gasteiger partial charge < -0.3 is 24.5 Å². The highest BCUT2D eigenvalue weighted by Crippen LogP contribution is 2.46. The van der Waals surface area contributed by atoms with Crippen LogP contribution in [-0.4, -0.2) is 62.9 Å². The Kier molecular flexibility index (Phi) is 11.1. The highest BCUT2D eigenvalue weighted by Gasteiger charge is 2.49. The number of carboxylic acid groups (broad SMARTS) is 1. The van der Waals surface area contributed by atoms with Crippen molar-refractivity contribution in [2.24, 2.45) is 11.3 Å². The third-order valence-corrected chi connectivity index (χ3v) is 6.84. The predicted octanol–water partition coefficient (Wildman–Crippen LogP) is 4.81. The topological polar surface area (TPSA) is 140 Å². The second-order valence-corrected chi connectivity index (χ2v) is 12.5. The molecule has 10 heteroatoms. The number of aromatic hydroxyl groups is 1. The molecule has 2 atom stereocenters. The number of carbonyl (C=O) groups excluding carboxylic acids is 3. The first-order chi connectivity index (χ1) is 18.5. The van der Waals surface area contributed by atoms with E-state index in [1.54, 1.807) is 60.6 Å². The summed E-state index contributed by atoms with van der Waals surface area (Å²) in [5.41, 5.74) is -2.03. The van der Waals surface area contributed by atoms with E-state index < -0.39 is 58.8 Å². The molecule has 2 rings (SSSR count). The number of nitrogens with zero attached hydrogens (tertiary/aromatic N) is 1. The largest absolute Gasteiger partial charge is 0.508 e. The summed E-state index contributed by atoms with van der Waals surface area (Å²) < 4.78 is 10.8. The van der Waals surface area contributed by atoms with Gasteiger partial charge in [0.2, 0.25) is 0 Å². The molecular weight excluding hydrogens is 518 g/mol. The van der Waals surface area contributed by atoms with Crippen LogP contribution in [0.25, 0.3) is 0 Å². The molecule has 1 aromatic carbocycles. The number of carboxylic acids is 1. The first kappa shape index (κ1) is 33.1. The summed E-state index contributed by atoms with van der Waals surface area (Å²) >= 11 is 0. The Labute approximate surface area is 236 Å². The molecule has 1 unspecified atom stereocenters. The molecule has 1 aliphatic rings. The third-order valence-electron chi connectivity index (χ3n) is 6.84. The van der Waals surface area contributed by atoms with Crippen LogP contribution in [0.5, 0.6) is 5.75 Å². The second-order valence-electron chi connectivity index (χ2n) is 12.5. The predicted molar refractivity (Wildman–Crippen MR) is 147 cm³/mol. The van der Waals surface area contributed by atoms with Crippen LogP contribution in [0.3, 0.4) is 0 Å². The van der Waals surface area contributed by atoms with Gasteiger partial charge in [0.1, 0.15) is 17.4 Å². The Morgan fingerprint density at radius 1 is 0.975 bits per heavy atom. The number of aliphatic carboxylic acids is 1. The summed E-state index contributed by atoms with van der Waals surface area (Å²) in [7, 11) is 0. The second kappa shape index (κ2) is 13.5. The average Bonchev–Trinajstić information content (AvgIpc) is 3.30. The fourth-order valence-electron chi connectivity index (χ4n) is 5.06. The number of hydrogen-bond donors (Lipinski definition) is 2. The summed E-state index contributed by atoms with van der Waals surface area (Å²) in [6, 6.07) is 5.39. The average molecular weight is 564 g/mol. The van der Waals surface area contributed by atoms with Crippen molar-refractivity contribution in [1.82, 2.24) is 5.06 Å². The van der Waals surface area contributed by atoms with Crippen LogP contribution in [0.15, 0.2) is 24.3 Å². The summed E-state index contributed by atoms with van der Waals surface area (Å²) in [5.74, 6) is -3.97. The number of phenols is 1. The van der Waals surface area contributed by atoms with Gasteiger partial charge in [-0.2, -0.15) is 0 Å². The fraction of sp³-hybridized carbons (Fsp3) is 0.667. The molecule has 0 saturated heterocycles. The smallest absolute Gasteiger partial charge is 0.331 e. The van der Waals surface area contributed by atoms with Gasteiger partial charge in [0.25, 0.3) is 0 Å². The highest BCUT2D eigenvalue weighted by molar-refractivity contribution is 5.82. The molecule has 0 radical (unpaired) electrons. The molecule has 10 nitrogen and oxygen atoms in total. The number of rotatable bonds is 12. The minimum Gasteiger partial charge on any atom is -0.508 e. The van der Waals surface area contributed by atoms with Crippen LogP contribution in [0, 0.1) is 11.3 Å². The van der Waals surface area contributed by atoms with E-state index in [4.69, 9.17) is 14.3 Å². The maximum Gasteiger partial charge on any atom is 0.331 e. The van der Waals surface area contributed by atoms with Crippen molar-refractivity contribution >= 4 is 23.9 Å². The van der Waals surface area contributed by atoms with E-state index in [0.29, 0.717) is 25.7 Å². The lowest BCUT2D eigenvalue weighted by molar-refractivity contribution is -0.243. The van der Waals surface area contributed by atoms with Gasteiger partial charge >= 0.3 is 23.9 Å². The molecule has 224 valence electrons. The Balaban J connectivity index is 2.42. The Morgan fingerprint density at radius 3 is 2.02 bits per heavy atom. The van der Waals surface area contributed by atoms with Crippen molar-refractivity contribution in [2.75, 3.05) is 6.61 Å². The minimum atomic E-state index is -1.16. The Morgan fingerprint density at radius 2 is 1.55 bits per heavy atom. The van der Waals surface area contributed by atoms with Crippen molar-refractivity contribution in [1.29, 1.82) is 0 Å². The maximum atomic E-state index is 14.0. The van der Waals surface area contributed by atoms with E-state index in [1.165, 1.54) is 17.2 Å². The van der Waals surface area contributed by atoms with Gasteiger partial charge in [0.15, 0.2) is 0 Å². The SMILES string of the molecule is CCOC(=O)[C@H](Cc1ccc(O)cc1)N(OC(=O)C1(CC(CC(=O)O)C(=O)OC(C)(C)C)CCCC1)C(C)(C)C. The highest BCUT2D eigenvalue weighted by atomic mass is 16.7. The van der Waals surface area contributed by atoms with Crippen molar-refractivity contribution < 1.29 is 43.7 Å². The molecule has 1 aliphatic carbocycles. The van der Waals surface area contributed by atoms with Gasteiger partial charge in [-0.3, -0.25) is 14.4 Å². The summed E-state index contributed by atoms with van der Waals surface area (Å²) in [6.45, 7) is 12.3. The zero-order chi connectivity index (χ0) is 30.3. The van der Waals surface area contributed by atoms with E-state index in [2.05, 4.69) is 0 Å². The monoisotopic (exact) mass is 563 g/mol. The number of benzene rings is 1. The molecule has 0 amide bonds. The van der Waals surface area contributed by atoms with Gasteiger partial charge in [-0.05, 0) is 85.4 Å². The fourth-order valence-corrected chi connectivity index (χ4v) is 5.06. The molecular formula is C30H45NO9. The van der Waals surface area contributed by atoms with Gasteiger partial charge in [-0.15, -0.1) is 5.06 Å². The lowest BCUT2D eigenvalue weighted by Gasteiger charge is -2.41. The van der Waals surface area contributed by atoms with Gasteiger partial charge in [0, 0.05) is 12.0 Å². The molecule has 1 fully saturated rings. The Bertz CT molecular complexity index is 1030. The molecule has 1 aromatic rings. The first-order valence-electron chi connectivity index (χ1n) is 13.9. The molecule has 1 saturated carbocycles. The number of phenolic OH excluding ortho intramolecular Hbond substituents is 1. The van der Waals surface area contributed by atoms with E-state index in [-0.39, 0.29) is 25.2 Å². The normalized spacial score (nSPS) is 16.7. The lowest BCUT2D eigenvalue weighted by atomic mass is 9.76. The van der Waals surface area contributed by atoms with E-state index in [9.17, 15) is 29.4 Å². The minimum absolute atomic E-state index is 0.0347. The van der Waals surface area contributed by atoms with E-state index >= 15 is 0 Å². The standard InChI is InChI=1S/C30H45NO9/c1-8-38-26(36)23(17-20-11-13-22(32)14-12-20)31(28(2,3)4)40-27(37)30(15-9-10-16-30)19-21(18-24(33)34)25(35)39-29(5,6)7/h11-14,21,23,32H,8-10,15-19H2,1-7H3,(H,33,34)/t21?,23-/m0/s1. The van der Waals surface area contributed by atoms with Crippen molar-refractivity contribution in [3.63, 3.8) is 0 Å². The maximum absolute atomic E-state index is 14.0. The lowest BCUT2D eigenvalue weighted by Crippen LogP contribution is -2.55. The Hall–Kier alpha value is -3.14. The molecule has 40 heavy (non-hydrogen) atoms. The van der Waals surface area contributed by atoms with Gasteiger partial charge in [-0.1, -0.05) is 25.0 Å². The van der Waals surface area contributed by atoms with Crippen LogP contribution in [0.1, 0.15) is 92.6 Å². The number of ether oxygens (including phenoxy) is 2. The van der Waals surface area contributed by atoms with Crippen LogP contribution in [-0.2, 0) is 39.9 Å². The molecule has 0 aromatic heterocycles. The van der Waals surface area contributed by atoms with Gasteiger partial charge in [-0.25, -0.2) is 4.79 Å². The van der Waals surface area contributed by atoms with E-state index in [1.807, 2.05) is 0 Å². The zero-order valence-electron chi connectivity index (χ0n) is 24.8. The molecule has 0 heterocycles. The summed E-state index contributed by atoms with van der Waals surface area (Å²) in [5, 5.41) is 20.5. The van der Waals surface area contributed by atoms with E-state index in [0.717, 1.165) is 5.56 Å². The van der Waals surface area contributed by atoms with Crippen molar-refractivity contribution in [3.8, 4) is 5.75 Å². The number of hydroxylamine groups is 2. The summed E-state index contributed by atoms with van der Waals surface area (Å²) in [6.07, 6.45) is 1.92. The molecule has 0 aliphatic heterocycles. The van der Waals surface area contributed by atoms with Crippen LogP contribution < -0.4 is 0 Å². The number of carbonyl (C=O) groups is 4. The summed E-state index contributed by atoms with van der Waals surface area (Å²) in [4.78, 5) is 57.9. The molecule has 2 N–H and O–H groups in total.